The van der Waals surface area contributed by atoms with Gasteiger partial charge in [-0.1, -0.05) is 25.2 Å². The van der Waals surface area contributed by atoms with Crippen LogP contribution in [0.25, 0.3) is 0 Å². The molecule has 0 saturated carbocycles. The van der Waals surface area contributed by atoms with E-state index in [0.717, 1.165) is 6.42 Å². The first kappa shape index (κ1) is 16.4. The largest absolute Gasteiger partial charge is 0.327 e. The van der Waals surface area contributed by atoms with E-state index in [1.807, 2.05) is 20.8 Å². The van der Waals surface area contributed by atoms with Crippen LogP contribution in [0, 0.1) is 0 Å². The van der Waals surface area contributed by atoms with Crippen molar-refractivity contribution < 1.29 is 4.52 Å². The second kappa shape index (κ2) is 8.51. The number of hydrogen-bond acceptors (Lipinski definition) is 4. The lowest BCUT2D eigenvalue weighted by Crippen LogP contribution is -2.11. The summed E-state index contributed by atoms with van der Waals surface area (Å²) in [6, 6.07) is 0.283. The van der Waals surface area contributed by atoms with Crippen LogP contribution in [0.2, 0.25) is 0 Å². The maximum absolute atomic E-state index is 5.67. The Balaban J connectivity index is 4.38. The summed E-state index contributed by atoms with van der Waals surface area (Å²) in [5.41, 5.74) is -2.00. The third kappa shape index (κ3) is 7.66. The van der Waals surface area contributed by atoms with E-state index in [0.29, 0.717) is 11.9 Å². The van der Waals surface area contributed by atoms with E-state index in [2.05, 4.69) is 23.9 Å². The Morgan fingerprint density at radius 2 is 2.06 bits per heavy atom. The predicted molar refractivity (Wildman–Crippen MR) is 80.0 cm³/mol. The number of hydrogen-bond donors (Lipinski definition) is 1. The summed E-state index contributed by atoms with van der Waals surface area (Å²) in [6.45, 7) is 11.0. The Bertz CT molecular complexity index is 259. The van der Waals surface area contributed by atoms with Gasteiger partial charge in [-0.25, -0.2) is 0 Å². The van der Waals surface area contributed by atoms with Gasteiger partial charge >= 0.3 is 0 Å². The van der Waals surface area contributed by atoms with E-state index in [4.69, 9.17) is 16.3 Å². The van der Waals surface area contributed by atoms with E-state index in [1.165, 1.54) is 0 Å². The van der Waals surface area contributed by atoms with E-state index in [-0.39, 0.29) is 6.04 Å². The third-order valence-electron chi connectivity index (χ3n) is 1.78. The first-order chi connectivity index (χ1) is 7.43. The molecule has 0 aliphatic heterocycles. The predicted octanol–water partition coefficient (Wildman–Crippen LogP) is 3.81. The van der Waals surface area contributed by atoms with Crippen molar-refractivity contribution in [1.29, 1.82) is 0 Å². The van der Waals surface area contributed by atoms with Crippen LogP contribution >= 0.6 is 17.0 Å². The zero-order valence-corrected chi connectivity index (χ0v) is 13.3. The lowest BCUT2D eigenvalue weighted by molar-refractivity contribution is 0.383. The lowest BCUT2D eigenvalue weighted by atomic mass is 10.4. The van der Waals surface area contributed by atoms with Crippen molar-refractivity contribution >= 4 is 35.1 Å². The molecule has 6 heteroatoms. The second-order valence-corrected chi connectivity index (χ2v) is 10.7. The molecule has 0 heterocycles. The smallest absolute Gasteiger partial charge is 0.211 e. The molecule has 2 atom stereocenters. The molecule has 1 N–H and O–H groups in total. The maximum atomic E-state index is 5.67. The van der Waals surface area contributed by atoms with Crippen LogP contribution in [0.4, 0.5) is 0 Å². The van der Waals surface area contributed by atoms with Gasteiger partial charge in [0.1, 0.15) is 0 Å². The van der Waals surface area contributed by atoms with Gasteiger partial charge in [-0.3, -0.25) is 4.99 Å². The van der Waals surface area contributed by atoms with Gasteiger partial charge in [-0.15, -0.1) is 0 Å². The standard InChI is InChI=1S/C10H23N2OPS2/c1-6-10(5)16-14(15,13-7-2)12-8-11-9(3)4/h8-10H,6-7H2,1-5H3,(H,11,12,15). The maximum Gasteiger partial charge on any atom is 0.211 e. The molecule has 0 aromatic carbocycles. The van der Waals surface area contributed by atoms with Gasteiger partial charge in [0.15, 0.2) is 0 Å². The van der Waals surface area contributed by atoms with E-state index in [1.54, 1.807) is 17.7 Å². The summed E-state index contributed by atoms with van der Waals surface area (Å²) in [6.07, 6.45) is 2.80. The first-order valence-corrected chi connectivity index (χ1v) is 9.86. The molecule has 0 aliphatic carbocycles. The Kier molecular flexibility index (Phi) is 8.74. The SMILES string of the molecule is CCOP(=S)(NC=NC(C)C)SC(C)CC. The zero-order chi connectivity index (χ0) is 12.6. The Morgan fingerprint density at radius 3 is 2.50 bits per heavy atom. The van der Waals surface area contributed by atoms with Gasteiger partial charge < -0.3 is 9.61 Å². The van der Waals surface area contributed by atoms with Gasteiger partial charge in [0.05, 0.1) is 12.9 Å². The monoisotopic (exact) mass is 282 g/mol. The molecular weight excluding hydrogens is 259 g/mol. The van der Waals surface area contributed by atoms with Gasteiger partial charge in [0.25, 0.3) is 0 Å². The average Bonchev–Trinajstić information content (AvgIpc) is 2.17. The van der Waals surface area contributed by atoms with Gasteiger partial charge in [0.2, 0.25) is 5.62 Å². The highest BCUT2D eigenvalue weighted by atomic mass is 32.9. The molecule has 0 amide bonds. The summed E-state index contributed by atoms with van der Waals surface area (Å²) in [5, 5.41) is 3.68. The zero-order valence-electron chi connectivity index (χ0n) is 10.8. The van der Waals surface area contributed by atoms with Crippen LogP contribution in [-0.4, -0.2) is 24.2 Å². The molecular formula is C10H23N2OPS2. The highest BCUT2D eigenvalue weighted by Crippen LogP contribution is 2.58. The minimum atomic E-state index is -2.00. The molecule has 2 unspecified atom stereocenters. The Morgan fingerprint density at radius 1 is 1.44 bits per heavy atom. The van der Waals surface area contributed by atoms with Crippen molar-refractivity contribution in [2.45, 2.75) is 52.3 Å². The molecule has 96 valence electrons. The highest BCUT2D eigenvalue weighted by molar-refractivity contribution is 8.69. The minimum Gasteiger partial charge on any atom is -0.327 e. The molecule has 0 saturated heterocycles. The van der Waals surface area contributed by atoms with Crippen LogP contribution in [0.15, 0.2) is 4.99 Å². The lowest BCUT2D eigenvalue weighted by Gasteiger charge is -2.23. The second-order valence-electron chi connectivity index (χ2n) is 3.74. The molecule has 3 nitrogen and oxygen atoms in total. The molecule has 0 aromatic heterocycles. The van der Waals surface area contributed by atoms with E-state index in [9.17, 15) is 0 Å². The first-order valence-electron chi connectivity index (χ1n) is 5.66. The number of aliphatic imine (C=N–C) groups is 1. The van der Waals surface area contributed by atoms with Gasteiger partial charge in [-0.2, -0.15) is 0 Å². The van der Waals surface area contributed by atoms with Gasteiger partial charge in [-0.05, 0) is 39.0 Å². The van der Waals surface area contributed by atoms with Crippen molar-refractivity contribution in [3.63, 3.8) is 0 Å². The summed E-state index contributed by atoms with van der Waals surface area (Å²) in [4.78, 5) is 4.26. The normalized spacial score (nSPS) is 17.6. The fourth-order valence-electron chi connectivity index (χ4n) is 0.833. The molecule has 0 aliphatic rings. The van der Waals surface area contributed by atoms with Crippen LogP contribution in [-0.2, 0) is 16.3 Å². The van der Waals surface area contributed by atoms with E-state index >= 15 is 0 Å². The molecule has 16 heavy (non-hydrogen) atoms. The highest BCUT2D eigenvalue weighted by Gasteiger charge is 2.19. The van der Waals surface area contributed by atoms with Gasteiger partial charge in [0, 0.05) is 11.3 Å². The summed E-state index contributed by atoms with van der Waals surface area (Å²) < 4.78 is 5.67. The third-order valence-corrected chi connectivity index (χ3v) is 7.73. The molecule has 0 rings (SSSR count). The number of nitrogens with one attached hydrogen (secondary N) is 1. The van der Waals surface area contributed by atoms with Crippen LogP contribution in [0.3, 0.4) is 0 Å². The van der Waals surface area contributed by atoms with Crippen molar-refractivity contribution in [3.8, 4) is 0 Å². The molecule has 0 radical (unpaired) electrons. The molecule has 0 spiro atoms. The van der Waals surface area contributed by atoms with Crippen molar-refractivity contribution in [2.24, 2.45) is 4.99 Å². The van der Waals surface area contributed by atoms with Crippen LogP contribution in [0.1, 0.15) is 41.0 Å². The van der Waals surface area contributed by atoms with Crippen molar-refractivity contribution in [2.75, 3.05) is 6.61 Å². The summed E-state index contributed by atoms with van der Waals surface area (Å²) in [5.74, 6) is 0. The van der Waals surface area contributed by atoms with Crippen molar-refractivity contribution in [3.05, 3.63) is 0 Å². The Hall–Kier alpha value is 0.430. The number of nitrogens with zero attached hydrogens (tertiary/aromatic N) is 1. The Labute approximate surface area is 109 Å². The van der Waals surface area contributed by atoms with Crippen LogP contribution in [0.5, 0.6) is 0 Å². The topological polar surface area (TPSA) is 33.6 Å². The fourth-order valence-corrected chi connectivity index (χ4v) is 6.67. The molecule has 0 fully saturated rings. The van der Waals surface area contributed by atoms with Crippen LogP contribution < -0.4 is 5.09 Å². The fraction of sp³-hybridized carbons (Fsp3) is 0.900. The quantitative estimate of drug-likeness (QED) is 0.417. The number of rotatable bonds is 8. The average molecular weight is 282 g/mol. The summed E-state index contributed by atoms with van der Waals surface area (Å²) in [7, 11) is 0. The summed E-state index contributed by atoms with van der Waals surface area (Å²) >= 11 is 7.27. The molecule has 0 aromatic rings. The van der Waals surface area contributed by atoms with E-state index < -0.39 is 5.62 Å². The minimum absolute atomic E-state index is 0.283. The molecule has 0 bridgehead atoms. The van der Waals surface area contributed by atoms with Crippen molar-refractivity contribution in [1.82, 2.24) is 5.09 Å².